The van der Waals surface area contributed by atoms with E-state index in [1.165, 1.54) is 5.57 Å². The average Bonchev–Trinajstić information content (AvgIpc) is 1.63. The molecule has 1 radical (unpaired) electrons. The molecule has 51 valence electrons. The normalized spacial score (nSPS) is 8.78. The molecule has 0 heteroatoms. The summed E-state index contributed by atoms with van der Waals surface area (Å²) in [5, 5.41) is 0. The predicted octanol–water partition coefficient (Wildman–Crippen LogP) is 3.12. The molecule has 0 aromatic rings. The van der Waals surface area contributed by atoms with Crippen molar-refractivity contribution in [3.63, 3.8) is 0 Å². The average molecular weight is 123 g/mol. The molecule has 0 aliphatic carbocycles. The van der Waals surface area contributed by atoms with Gasteiger partial charge in [-0.2, -0.15) is 0 Å². The van der Waals surface area contributed by atoms with Crippen LogP contribution in [0.25, 0.3) is 0 Å². The highest BCUT2D eigenvalue weighted by Crippen LogP contribution is 2.02. The third-order valence-corrected chi connectivity index (χ3v) is 1.05. The van der Waals surface area contributed by atoms with Crippen LogP contribution in [0.4, 0.5) is 0 Å². The number of allylic oxidation sites excluding steroid dienone is 3. The quantitative estimate of drug-likeness (QED) is 0.506. The van der Waals surface area contributed by atoms with Gasteiger partial charge < -0.3 is 0 Å². The maximum atomic E-state index is 3.71. The van der Waals surface area contributed by atoms with Crippen molar-refractivity contribution in [3.8, 4) is 0 Å². The summed E-state index contributed by atoms with van der Waals surface area (Å²) in [5.41, 5.74) is 2.39. The molecule has 0 aliphatic heterocycles. The molecule has 0 saturated heterocycles. The van der Waals surface area contributed by atoms with Gasteiger partial charge in [0.05, 0.1) is 0 Å². The Labute approximate surface area is 58.3 Å². The van der Waals surface area contributed by atoms with E-state index in [1.807, 2.05) is 0 Å². The van der Waals surface area contributed by atoms with Crippen LogP contribution in [0.3, 0.4) is 0 Å². The molecule has 0 rings (SSSR count). The minimum Gasteiger partial charge on any atom is -0.0998 e. The fourth-order valence-corrected chi connectivity index (χ4v) is 0.565. The van der Waals surface area contributed by atoms with Crippen LogP contribution in [0, 0.1) is 6.92 Å². The summed E-state index contributed by atoms with van der Waals surface area (Å²) in [6, 6.07) is 0. The maximum absolute atomic E-state index is 3.71. The maximum Gasteiger partial charge on any atom is -0.0286 e. The van der Waals surface area contributed by atoms with Gasteiger partial charge in [0.2, 0.25) is 0 Å². The van der Waals surface area contributed by atoms with Crippen molar-refractivity contribution in [2.75, 3.05) is 0 Å². The first kappa shape index (κ1) is 8.48. The summed E-state index contributed by atoms with van der Waals surface area (Å²) in [7, 11) is 0. The molecule has 0 bridgehead atoms. The molecular weight excluding hydrogens is 108 g/mol. The van der Waals surface area contributed by atoms with Gasteiger partial charge in [-0.3, -0.25) is 0 Å². The van der Waals surface area contributed by atoms with Crippen LogP contribution in [0.2, 0.25) is 0 Å². The van der Waals surface area contributed by atoms with Gasteiger partial charge in [-0.1, -0.05) is 23.8 Å². The second-order valence-electron chi connectivity index (χ2n) is 2.57. The molecule has 9 heavy (non-hydrogen) atoms. The van der Waals surface area contributed by atoms with Crippen molar-refractivity contribution in [3.05, 3.63) is 30.7 Å². The lowest BCUT2D eigenvalue weighted by molar-refractivity contribution is 0.998. The van der Waals surface area contributed by atoms with Gasteiger partial charge in [0.25, 0.3) is 0 Å². The van der Waals surface area contributed by atoms with Crippen molar-refractivity contribution < 1.29 is 0 Å². The van der Waals surface area contributed by atoms with Crippen molar-refractivity contribution >= 4 is 0 Å². The summed E-state index contributed by atoms with van der Waals surface area (Å²) in [4.78, 5) is 0. The molecule has 0 atom stereocenters. The first-order valence-corrected chi connectivity index (χ1v) is 3.26. The Balaban J connectivity index is 3.31. The summed E-state index contributed by atoms with van der Waals surface area (Å²) < 4.78 is 0. The summed E-state index contributed by atoms with van der Waals surface area (Å²) in [6.45, 7) is 11.6. The van der Waals surface area contributed by atoms with Crippen LogP contribution in [0.15, 0.2) is 23.8 Å². The third-order valence-electron chi connectivity index (χ3n) is 1.05. The Kier molecular flexibility index (Phi) is 4.12. The van der Waals surface area contributed by atoms with E-state index in [1.54, 1.807) is 0 Å². The summed E-state index contributed by atoms with van der Waals surface area (Å²) in [5.74, 6) is 0. The van der Waals surface area contributed by atoms with E-state index in [4.69, 9.17) is 0 Å². The molecule has 0 nitrogen and oxygen atoms in total. The van der Waals surface area contributed by atoms with Gasteiger partial charge in [0.15, 0.2) is 0 Å². The first-order chi connectivity index (χ1) is 4.13. The van der Waals surface area contributed by atoms with Crippen LogP contribution in [-0.4, -0.2) is 0 Å². The monoisotopic (exact) mass is 123 g/mol. The standard InChI is InChI=1S/C9H15/c1-8(2)6-5-7-9(3)4/h7H,1-2,5-6H2,3-4H3. The van der Waals surface area contributed by atoms with Gasteiger partial charge in [0.1, 0.15) is 0 Å². The van der Waals surface area contributed by atoms with Gasteiger partial charge >= 0.3 is 0 Å². The van der Waals surface area contributed by atoms with E-state index in [0.717, 1.165) is 18.4 Å². The molecule has 0 amide bonds. The molecule has 0 aromatic carbocycles. The van der Waals surface area contributed by atoms with Crippen molar-refractivity contribution in [2.24, 2.45) is 0 Å². The lowest BCUT2D eigenvalue weighted by Crippen LogP contribution is -1.72. The molecule has 0 heterocycles. The zero-order valence-corrected chi connectivity index (χ0v) is 6.41. The Hall–Kier alpha value is -0.520. The van der Waals surface area contributed by atoms with E-state index in [2.05, 4.69) is 33.4 Å². The lowest BCUT2D eigenvalue weighted by Gasteiger charge is -1.92. The van der Waals surface area contributed by atoms with Gasteiger partial charge in [-0.05, 0) is 33.6 Å². The SMILES string of the molecule is [CH2]C(=C)CCC=C(C)C. The lowest BCUT2D eigenvalue weighted by atomic mass is 10.1. The number of hydrogen-bond donors (Lipinski definition) is 0. The summed E-state index contributed by atoms with van der Waals surface area (Å²) >= 11 is 0. The highest BCUT2D eigenvalue weighted by atomic mass is 13.9. The van der Waals surface area contributed by atoms with Gasteiger partial charge in [-0.15, -0.1) is 0 Å². The topological polar surface area (TPSA) is 0 Å². The second kappa shape index (κ2) is 4.37. The number of hydrogen-bond acceptors (Lipinski definition) is 0. The highest BCUT2D eigenvalue weighted by Gasteiger charge is 1.82. The largest absolute Gasteiger partial charge is 0.0998 e. The molecule has 0 unspecified atom stereocenters. The minimum atomic E-state index is 1.02. The molecule has 0 aromatic heterocycles. The van der Waals surface area contributed by atoms with E-state index < -0.39 is 0 Å². The minimum absolute atomic E-state index is 1.02. The molecule has 0 spiro atoms. The van der Waals surface area contributed by atoms with E-state index in [9.17, 15) is 0 Å². The van der Waals surface area contributed by atoms with Crippen LogP contribution >= 0.6 is 0 Å². The van der Waals surface area contributed by atoms with Crippen molar-refractivity contribution in [2.45, 2.75) is 26.7 Å². The van der Waals surface area contributed by atoms with Gasteiger partial charge in [0, 0.05) is 0 Å². The van der Waals surface area contributed by atoms with Crippen LogP contribution in [0.1, 0.15) is 26.7 Å². The smallest absolute Gasteiger partial charge is 0.0286 e. The Morgan fingerprint density at radius 1 is 1.44 bits per heavy atom. The Morgan fingerprint density at radius 3 is 2.33 bits per heavy atom. The third kappa shape index (κ3) is 7.48. The van der Waals surface area contributed by atoms with Crippen molar-refractivity contribution in [1.82, 2.24) is 0 Å². The highest BCUT2D eigenvalue weighted by molar-refractivity contribution is 5.01. The predicted molar refractivity (Wildman–Crippen MR) is 43.2 cm³/mol. The van der Waals surface area contributed by atoms with E-state index in [-0.39, 0.29) is 0 Å². The van der Waals surface area contributed by atoms with Crippen LogP contribution in [-0.2, 0) is 0 Å². The zero-order chi connectivity index (χ0) is 7.28. The molecule has 0 aliphatic rings. The van der Waals surface area contributed by atoms with Crippen LogP contribution in [0.5, 0.6) is 0 Å². The van der Waals surface area contributed by atoms with E-state index >= 15 is 0 Å². The van der Waals surface area contributed by atoms with Crippen LogP contribution < -0.4 is 0 Å². The molecular formula is C9H15. The first-order valence-electron chi connectivity index (χ1n) is 3.26. The zero-order valence-electron chi connectivity index (χ0n) is 6.41. The summed E-state index contributed by atoms with van der Waals surface area (Å²) in [6.07, 6.45) is 4.31. The van der Waals surface area contributed by atoms with E-state index in [0.29, 0.717) is 0 Å². The molecule has 0 N–H and O–H groups in total. The fourth-order valence-electron chi connectivity index (χ4n) is 0.565. The van der Waals surface area contributed by atoms with Gasteiger partial charge in [-0.25, -0.2) is 0 Å². The number of rotatable bonds is 3. The molecule has 0 saturated carbocycles. The molecule has 0 fully saturated rings. The Bertz CT molecular complexity index is 114. The van der Waals surface area contributed by atoms with Crippen molar-refractivity contribution in [1.29, 1.82) is 0 Å². The second-order valence-corrected chi connectivity index (χ2v) is 2.57. The fraction of sp³-hybridized carbons (Fsp3) is 0.444. The Morgan fingerprint density at radius 2 is 2.00 bits per heavy atom.